The molecule has 10 aromatic rings. The molecule has 5 aliphatic carbocycles. The number of carbonyl (C=O) groups is 6. The van der Waals surface area contributed by atoms with Crippen LogP contribution in [0.3, 0.4) is 0 Å². The smallest absolute Gasteiger partial charge is 1.00 e. The average molecular weight is 1730 g/mol. The van der Waals surface area contributed by atoms with E-state index in [1.54, 1.807) is 117 Å². The quantitative estimate of drug-likeness (QED) is 0.00439. The van der Waals surface area contributed by atoms with E-state index < -0.39 is 0 Å². The number of nitriles is 1. The Morgan fingerprint density at radius 2 is 0.940 bits per heavy atom. The Kier molecular flexibility index (Phi) is 38.4. The van der Waals surface area contributed by atoms with Gasteiger partial charge in [0.2, 0.25) is 17.3 Å². The number of hydrogen-bond donors (Lipinski definition) is 10. The summed E-state index contributed by atoms with van der Waals surface area (Å²) in [5, 5.41) is 40.2. The molecule has 0 radical (unpaired) electrons. The van der Waals surface area contributed by atoms with Crippen LogP contribution in [0.15, 0.2) is 177 Å². The first-order valence-electron chi connectivity index (χ1n) is 37.6. The number of carbonyl (C=O) groups excluding carboxylic acids is 6. The minimum Gasteiger partial charge on any atom is -1.00 e. The third kappa shape index (κ3) is 29.1. The van der Waals surface area contributed by atoms with Gasteiger partial charge in [-0.25, -0.2) is 29.0 Å². The second-order valence-corrected chi connectivity index (χ2v) is 28.1. The summed E-state index contributed by atoms with van der Waals surface area (Å²) >= 11 is 2.17. The fourth-order valence-electron chi connectivity index (χ4n) is 10.7. The van der Waals surface area contributed by atoms with Gasteiger partial charge in [-0.15, -0.1) is 0 Å². The Labute approximate surface area is 718 Å². The van der Waals surface area contributed by atoms with E-state index in [1.165, 1.54) is 64.7 Å². The van der Waals surface area contributed by atoms with Crippen LogP contribution in [0.4, 0.5) is 28.8 Å². The number of aromatic nitrogens is 9. The van der Waals surface area contributed by atoms with Crippen molar-refractivity contribution < 1.29 is 52.4 Å². The fourth-order valence-corrected chi connectivity index (χ4v) is 11.0. The van der Waals surface area contributed by atoms with E-state index in [1.807, 2.05) is 76.2 Å². The monoisotopic (exact) mass is 1730 g/mol. The summed E-state index contributed by atoms with van der Waals surface area (Å²) in [5.74, 6) is 5.14. The van der Waals surface area contributed by atoms with Gasteiger partial charge in [0.15, 0.2) is 0 Å². The number of anilines is 4. The zero-order valence-corrected chi connectivity index (χ0v) is 70.4. The van der Waals surface area contributed by atoms with Crippen LogP contribution in [-0.2, 0) is 4.74 Å². The Hall–Kier alpha value is -11.9. The molecule has 15 rings (SSSR count). The number of benzene rings is 4. The first-order valence-corrected chi connectivity index (χ1v) is 38.6. The maximum absolute atomic E-state index is 12.6. The van der Waals surface area contributed by atoms with Crippen LogP contribution in [0.2, 0.25) is 0 Å². The Morgan fingerprint density at radius 3 is 1.22 bits per heavy atom. The van der Waals surface area contributed by atoms with Crippen LogP contribution in [0.1, 0.15) is 195 Å². The second-order valence-electron chi connectivity index (χ2n) is 27.0. The van der Waals surface area contributed by atoms with Gasteiger partial charge >= 0.3 is 23.1 Å². The van der Waals surface area contributed by atoms with Crippen LogP contribution < -0.4 is 62.1 Å². The minimum atomic E-state index is -0.292. The summed E-state index contributed by atoms with van der Waals surface area (Å²) in [7, 11) is 0. The van der Waals surface area contributed by atoms with Crippen molar-refractivity contribution in [1.82, 2.24) is 65.6 Å². The molecule has 5 aliphatic rings. The van der Waals surface area contributed by atoms with Crippen molar-refractivity contribution in [2.24, 2.45) is 5.84 Å². The molecule has 606 valence electrons. The maximum atomic E-state index is 12.6. The van der Waals surface area contributed by atoms with Gasteiger partial charge in [-0.05, 0) is 223 Å². The van der Waals surface area contributed by atoms with Crippen LogP contribution >= 0.6 is 22.6 Å². The molecule has 6 aromatic heterocycles. The average Bonchev–Trinajstić information content (AvgIpc) is 1.64. The number of hydrogen-bond acceptors (Lipinski definition) is 20. The van der Waals surface area contributed by atoms with E-state index in [0.717, 1.165) is 89.3 Å². The molecule has 32 heteroatoms. The van der Waals surface area contributed by atoms with E-state index in [-0.39, 0.29) is 125 Å². The zero-order valence-electron chi connectivity index (χ0n) is 66.1. The topological polar surface area (TPSA) is 421 Å². The Balaban J connectivity index is 0.000000256. The van der Waals surface area contributed by atoms with Crippen LogP contribution in [0.5, 0.6) is 0 Å². The van der Waals surface area contributed by atoms with Crippen LogP contribution in [0.25, 0.3) is 26.8 Å². The number of amides is 4. The molecule has 0 aliphatic heterocycles. The zero-order chi connectivity index (χ0) is 82.9. The molecule has 0 unspecified atom stereocenters. The van der Waals surface area contributed by atoms with E-state index in [0.29, 0.717) is 75.1 Å². The molecule has 14 N–H and O–H groups in total. The third-order valence-corrected chi connectivity index (χ3v) is 18.4. The number of nitrogens with two attached hydrogens (primary N) is 4. The van der Waals surface area contributed by atoms with Gasteiger partial charge in [-0.3, -0.25) is 49.6 Å². The number of ether oxygens (including phenoxy) is 1. The number of aliphatic hydroxyl groups excluding tert-OH is 1. The number of rotatable bonds is 18. The van der Waals surface area contributed by atoms with Crippen molar-refractivity contribution in [3.05, 3.63) is 277 Å². The number of nitrogen functional groups attached to an aromatic ring is 4. The summed E-state index contributed by atoms with van der Waals surface area (Å²) in [6, 6.07) is 40.6. The normalized spacial score (nSPS) is 13.2. The summed E-state index contributed by atoms with van der Waals surface area (Å²) in [4.78, 5) is 92.1. The number of nitrogens with zero attached hydrogens (tertiary/aromatic N) is 12. The molecule has 5 fully saturated rings. The number of nitrogens with one attached hydrogen (secondary N) is 5. The number of aryl methyl sites for hydroxylation is 4. The van der Waals surface area contributed by atoms with Crippen molar-refractivity contribution in [2.45, 2.75) is 149 Å². The number of halogens is 2. The summed E-state index contributed by atoms with van der Waals surface area (Å²) < 4.78 is 10.2. The predicted octanol–water partition coefficient (Wildman–Crippen LogP) is 9.96. The molecule has 5 saturated carbocycles. The van der Waals surface area contributed by atoms with Crippen molar-refractivity contribution in [3.8, 4) is 23.1 Å². The molecule has 0 atom stereocenters. The van der Waals surface area contributed by atoms with Crippen molar-refractivity contribution in [1.29, 1.82) is 5.26 Å². The molecule has 4 amide bonds. The minimum absolute atomic E-state index is 0. The maximum Gasteiger partial charge on any atom is 2.00 e. The fraction of sp³-hybridized carbons (Fsp3) is 0.294. The van der Waals surface area contributed by atoms with E-state index >= 15 is 0 Å². The Bertz CT molecular complexity index is 4950. The third-order valence-electron chi connectivity index (χ3n) is 17.7. The number of pyridine rings is 3. The molecule has 6 heterocycles. The van der Waals surface area contributed by atoms with Gasteiger partial charge in [0.1, 0.15) is 38.8 Å². The SMILES string of the molecule is CCO.Cc1ccc(C(=O)NC2CC2)cc1-n1ncc(C(=O)c2ccccn2)c1N.Cc1ccc(C(=O)NC2CC2)cc1-n1ncc(C(=O)c2ccccn2)c1N.Cc1ccc(C(=O)NC2CC2)cc1NN.Ic1ccccn1.[2HH].[C-]#[N+]/C(C#N)=C/OCC.[C-]#[N+]c1cnn(-c2cc(C(=O)NC3CC3)ccc2C)c1N.[CH-]1CCCCC1.[Cl-].[Mg+2]. The van der Waals surface area contributed by atoms with Crippen molar-refractivity contribution >= 4 is 110 Å². The summed E-state index contributed by atoms with van der Waals surface area (Å²) in [5.41, 5.74) is 31.3. The molecular formula is C85H97ClIMgN21O8. The molecule has 29 nitrogen and oxygen atoms in total. The van der Waals surface area contributed by atoms with Gasteiger partial charge < -0.3 is 72.6 Å². The van der Waals surface area contributed by atoms with Crippen LogP contribution in [-0.4, -0.2) is 145 Å². The second kappa shape index (κ2) is 47.8. The van der Waals surface area contributed by atoms with Crippen LogP contribution in [0, 0.1) is 62.3 Å². The van der Waals surface area contributed by atoms with Gasteiger partial charge in [0, 0.05) is 73.0 Å². The van der Waals surface area contributed by atoms with E-state index in [9.17, 15) is 28.8 Å². The van der Waals surface area contributed by atoms with Gasteiger partial charge in [-0.2, -0.15) is 28.1 Å². The standard InChI is InChI=1S/2C20H19N5O2.C15H15N5O.C11H15N3O.C6H6N2O.C6H11.C5H4IN.C2H6O.ClH.Mg.H2/c2*1-12-5-6-13(20(27)24-14-7-8-14)10-17(12)25-19(21)15(11-23-25)18(26)16-4-2-3-9-22-16;1-9-3-4-10(15(21)19-11-5-6-11)7-13(9)20-14(16)12(17-2)8-18-20;1-7-2-3-8(6-10(7)14-12)11(15)13-9-4-5-9;1-3-9-5-6(4-7)8-2;1-2-4-6-5-3-1;6-5-3-1-2-4-7-5;1-2-3;;;/h2*2-6,9-11,14H,7-8,21H2,1H3,(H,24,27);3-4,7-8,11H,5-6,16H2,1H3,(H,19,21);2-3,6,9,14H,4-5,12H2,1H3,(H,13,15);5H,3H2,1H3;1H,2-6H2;1-4H;3H,2H2,1H3;1H;;1H/q;;;;;-1;;;;+2;/p-1/b;;;;6-5+;;;;;;/i;;;;;;;;;;1+1. The molecule has 117 heavy (non-hydrogen) atoms. The largest absolute Gasteiger partial charge is 2.00 e. The van der Waals surface area contributed by atoms with Gasteiger partial charge in [0.05, 0.1) is 78.3 Å². The van der Waals surface area contributed by atoms with Crippen molar-refractivity contribution in [2.75, 3.05) is 35.8 Å². The first kappa shape index (κ1) is 94.0. The van der Waals surface area contributed by atoms with Gasteiger partial charge in [0.25, 0.3) is 29.3 Å². The molecule has 0 bridgehead atoms. The number of aliphatic hydroxyl groups is 1. The molecular weight excluding hydrogens is 1630 g/mol. The van der Waals surface area contributed by atoms with Crippen molar-refractivity contribution in [3.63, 3.8) is 0 Å². The molecule has 0 saturated heterocycles. The number of ketones is 2. The molecule has 0 spiro atoms. The van der Waals surface area contributed by atoms with E-state index in [2.05, 4.69) is 100 Å². The van der Waals surface area contributed by atoms with E-state index in [4.69, 9.17) is 46.6 Å². The first-order chi connectivity index (χ1) is 55.5. The predicted molar refractivity (Wildman–Crippen MR) is 458 cm³/mol. The summed E-state index contributed by atoms with van der Waals surface area (Å²) in [6.45, 7) is 25.3. The number of allylic oxidation sites excluding steroid dienone is 1. The Morgan fingerprint density at radius 1 is 0.573 bits per heavy atom. The summed E-state index contributed by atoms with van der Waals surface area (Å²) in [6.07, 6.45) is 28.2. The van der Waals surface area contributed by atoms with Gasteiger partial charge in [-0.1, -0.05) is 61.7 Å². The molecule has 4 aromatic carbocycles. The number of hydrazine groups is 1.